The highest BCUT2D eigenvalue weighted by atomic mass is 127. The lowest BCUT2D eigenvalue weighted by Gasteiger charge is -2.28. The van der Waals surface area contributed by atoms with Crippen LogP contribution in [0.1, 0.15) is 44.6 Å². The summed E-state index contributed by atoms with van der Waals surface area (Å²) in [7, 11) is 6.72. The predicted molar refractivity (Wildman–Crippen MR) is 126 cm³/mol. The second-order valence-corrected chi connectivity index (χ2v) is 7.16. The van der Waals surface area contributed by atoms with Crippen LogP contribution >= 0.6 is 24.0 Å². The largest absolute Gasteiger partial charge is 0.493 e. The molecule has 28 heavy (non-hydrogen) atoms. The number of guanidine groups is 1. The van der Waals surface area contributed by atoms with Gasteiger partial charge < -0.3 is 24.8 Å². The van der Waals surface area contributed by atoms with Crippen molar-refractivity contribution in [2.24, 2.45) is 10.4 Å². The molecule has 2 N–H and O–H groups in total. The van der Waals surface area contributed by atoms with Gasteiger partial charge in [0.1, 0.15) is 0 Å². The number of halogens is 1. The van der Waals surface area contributed by atoms with Crippen LogP contribution in [0.3, 0.4) is 0 Å². The Balaban J connectivity index is 0.00000392. The Bertz CT molecular complexity index is 632. The molecule has 0 radical (unpaired) electrons. The maximum absolute atomic E-state index is 5.56. The van der Waals surface area contributed by atoms with Gasteiger partial charge in [-0.15, -0.1) is 24.0 Å². The minimum atomic E-state index is 0. The molecule has 0 unspecified atom stereocenters. The normalized spacial score (nSPS) is 15.5. The van der Waals surface area contributed by atoms with E-state index in [4.69, 9.17) is 14.2 Å². The number of methoxy groups -OCH3 is 3. The van der Waals surface area contributed by atoms with Gasteiger partial charge in [-0.3, -0.25) is 4.99 Å². The number of hydrogen-bond donors (Lipinski definition) is 2. The molecule has 0 saturated heterocycles. The van der Waals surface area contributed by atoms with Gasteiger partial charge in [-0.25, -0.2) is 0 Å². The molecule has 160 valence electrons. The summed E-state index contributed by atoms with van der Waals surface area (Å²) >= 11 is 0. The van der Waals surface area contributed by atoms with E-state index in [0.29, 0.717) is 16.9 Å². The van der Waals surface area contributed by atoms with Crippen molar-refractivity contribution in [3.05, 3.63) is 17.7 Å². The van der Waals surface area contributed by atoms with E-state index in [2.05, 4.69) is 22.5 Å². The van der Waals surface area contributed by atoms with Gasteiger partial charge in [-0.05, 0) is 37.2 Å². The summed E-state index contributed by atoms with van der Waals surface area (Å²) in [5.41, 5.74) is 1.50. The van der Waals surface area contributed by atoms with Gasteiger partial charge in [0.2, 0.25) is 5.75 Å². The van der Waals surface area contributed by atoms with E-state index >= 15 is 0 Å². The van der Waals surface area contributed by atoms with Crippen molar-refractivity contribution in [1.82, 2.24) is 10.6 Å². The number of nitrogens with one attached hydrogen (secondary N) is 2. The van der Waals surface area contributed by atoms with Crippen molar-refractivity contribution < 1.29 is 14.2 Å². The molecule has 1 aromatic rings. The van der Waals surface area contributed by atoms with Crippen LogP contribution in [0.25, 0.3) is 0 Å². The molecule has 1 saturated carbocycles. The van der Waals surface area contributed by atoms with E-state index in [9.17, 15) is 0 Å². The van der Waals surface area contributed by atoms with Crippen molar-refractivity contribution in [3.63, 3.8) is 0 Å². The molecule has 1 aromatic carbocycles. The van der Waals surface area contributed by atoms with Gasteiger partial charge in [0.15, 0.2) is 17.5 Å². The monoisotopic (exact) mass is 505 g/mol. The molecule has 0 amide bonds. The molecule has 1 aliphatic carbocycles. The van der Waals surface area contributed by atoms with E-state index in [0.717, 1.165) is 36.8 Å². The average molecular weight is 505 g/mol. The first kappa shape index (κ1) is 24.7. The lowest BCUT2D eigenvalue weighted by Crippen LogP contribution is -2.43. The summed E-state index contributed by atoms with van der Waals surface area (Å²) in [6, 6.07) is 3.93. The quantitative estimate of drug-likeness (QED) is 0.302. The molecule has 1 fully saturated rings. The Hall–Kier alpha value is -1.38. The van der Waals surface area contributed by atoms with E-state index in [1.807, 2.05) is 19.2 Å². The molecular formula is C21H36IN3O3. The van der Waals surface area contributed by atoms with E-state index < -0.39 is 0 Å². The minimum Gasteiger partial charge on any atom is -0.493 e. The zero-order chi connectivity index (χ0) is 19.7. The van der Waals surface area contributed by atoms with Crippen LogP contribution in [0.4, 0.5) is 0 Å². The van der Waals surface area contributed by atoms with Crippen LogP contribution in [0, 0.1) is 5.41 Å². The van der Waals surface area contributed by atoms with E-state index in [1.54, 1.807) is 21.3 Å². The first-order valence-corrected chi connectivity index (χ1v) is 9.85. The maximum Gasteiger partial charge on any atom is 0.203 e. The lowest BCUT2D eigenvalue weighted by atomic mass is 9.83. The van der Waals surface area contributed by atoms with E-state index in [-0.39, 0.29) is 24.0 Å². The van der Waals surface area contributed by atoms with Crippen molar-refractivity contribution in [1.29, 1.82) is 0 Å². The third-order valence-electron chi connectivity index (χ3n) is 5.74. The number of hydrogen-bond acceptors (Lipinski definition) is 4. The molecule has 0 bridgehead atoms. The lowest BCUT2D eigenvalue weighted by molar-refractivity contribution is 0.283. The van der Waals surface area contributed by atoms with Gasteiger partial charge in [-0.1, -0.05) is 25.8 Å². The molecule has 2 rings (SSSR count). The van der Waals surface area contributed by atoms with Gasteiger partial charge in [-0.2, -0.15) is 0 Å². The predicted octanol–water partition coefficient (Wildman–Crippen LogP) is 4.01. The summed E-state index contributed by atoms with van der Waals surface area (Å²) < 4.78 is 16.4. The van der Waals surface area contributed by atoms with Crippen molar-refractivity contribution in [2.75, 3.05) is 41.5 Å². The Kier molecular flexibility index (Phi) is 10.8. The summed E-state index contributed by atoms with van der Waals surface area (Å²) in [5, 5.41) is 6.93. The van der Waals surface area contributed by atoms with Gasteiger partial charge >= 0.3 is 0 Å². The van der Waals surface area contributed by atoms with Gasteiger partial charge in [0.05, 0.1) is 21.3 Å². The molecule has 0 aromatic heterocycles. The first-order valence-electron chi connectivity index (χ1n) is 9.85. The number of aliphatic imine (C=N–C) groups is 1. The molecule has 0 atom stereocenters. The van der Waals surface area contributed by atoms with E-state index in [1.165, 1.54) is 32.1 Å². The Morgan fingerprint density at radius 3 is 2.25 bits per heavy atom. The number of benzene rings is 1. The van der Waals surface area contributed by atoms with Crippen LogP contribution in [0.15, 0.2) is 17.1 Å². The minimum absolute atomic E-state index is 0. The SMILES string of the molecule is CCC1(CNC(=NC)NCCc2ccc(OC)c(OC)c2OC)CCCC1.I. The van der Waals surface area contributed by atoms with Crippen molar-refractivity contribution >= 4 is 29.9 Å². The fraction of sp³-hybridized carbons (Fsp3) is 0.667. The average Bonchev–Trinajstić information content (AvgIpc) is 3.19. The molecule has 0 spiro atoms. The van der Waals surface area contributed by atoms with Crippen LogP contribution in [-0.2, 0) is 6.42 Å². The molecular weight excluding hydrogens is 469 g/mol. The number of rotatable bonds is 9. The summed E-state index contributed by atoms with van der Waals surface area (Å²) in [4.78, 5) is 4.37. The molecule has 0 heterocycles. The van der Waals surface area contributed by atoms with Crippen LogP contribution in [0.5, 0.6) is 17.2 Å². The third kappa shape index (κ3) is 6.06. The highest BCUT2D eigenvalue weighted by molar-refractivity contribution is 14.0. The molecule has 7 heteroatoms. The fourth-order valence-corrected chi connectivity index (χ4v) is 3.95. The smallest absolute Gasteiger partial charge is 0.203 e. The number of nitrogens with zero attached hydrogens (tertiary/aromatic N) is 1. The van der Waals surface area contributed by atoms with Crippen LogP contribution < -0.4 is 24.8 Å². The first-order chi connectivity index (χ1) is 13.1. The summed E-state index contributed by atoms with van der Waals surface area (Å²) in [6.45, 7) is 4.04. The topological polar surface area (TPSA) is 64.1 Å². The standard InChI is InChI=1S/C21H35N3O3.HI/c1-6-21(12-7-8-13-21)15-24-20(22-2)23-14-11-16-9-10-17(25-3)19(27-5)18(16)26-4;/h9-10H,6-8,11-15H2,1-5H3,(H2,22,23,24);1H. The zero-order valence-electron chi connectivity index (χ0n) is 17.9. The fourth-order valence-electron chi connectivity index (χ4n) is 3.95. The Morgan fingerprint density at radius 2 is 1.71 bits per heavy atom. The maximum atomic E-state index is 5.56. The number of ether oxygens (including phenoxy) is 3. The Morgan fingerprint density at radius 1 is 1.04 bits per heavy atom. The third-order valence-corrected chi connectivity index (χ3v) is 5.74. The zero-order valence-corrected chi connectivity index (χ0v) is 20.2. The van der Waals surface area contributed by atoms with Crippen LogP contribution in [0.2, 0.25) is 0 Å². The molecule has 0 aliphatic heterocycles. The highest BCUT2D eigenvalue weighted by Crippen LogP contribution is 2.40. The second kappa shape index (κ2) is 12.2. The van der Waals surface area contributed by atoms with Crippen molar-refractivity contribution in [2.45, 2.75) is 45.4 Å². The second-order valence-electron chi connectivity index (χ2n) is 7.16. The van der Waals surface area contributed by atoms with Crippen LogP contribution in [-0.4, -0.2) is 47.4 Å². The molecule has 6 nitrogen and oxygen atoms in total. The van der Waals surface area contributed by atoms with Gasteiger partial charge in [0, 0.05) is 25.7 Å². The van der Waals surface area contributed by atoms with Crippen molar-refractivity contribution in [3.8, 4) is 17.2 Å². The highest BCUT2D eigenvalue weighted by Gasteiger charge is 2.31. The Labute approximate surface area is 186 Å². The summed E-state index contributed by atoms with van der Waals surface area (Å²) in [6.07, 6.45) is 7.34. The summed E-state index contributed by atoms with van der Waals surface area (Å²) in [5.74, 6) is 2.88. The van der Waals surface area contributed by atoms with Gasteiger partial charge in [0.25, 0.3) is 0 Å². The molecule has 1 aliphatic rings.